The Morgan fingerprint density at radius 3 is 2.14 bits per heavy atom. The highest BCUT2D eigenvalue weighted by Crippen LogP contribution is 2.22. The summed E-state index contributed by atoms with van der Waals surface area (Å²) >= 11 is 0. The molecule has 2 aromatic rings. The van der Waals surface area contributed by atoms with Gasteiger partial charge in [0.25, 0.3) is 0 Å². The first kappa shape index (κ1) is 15.3. The molecule has 1 aromatic heterocycles. The van der Waals surface area contributed by atoms with Gasteiger partial charge in [-0.05, 0) is 64.8 Å². The first-order chi connectivity index (χ1) is 9.73. The van der Waals surface area contributed by atoms with Crippen LogP contribution in [0.3, 0.4) is 0 Å². The molecule has 21 heavy (non-hydrogen) atoms. The zero-order valence-corrected chi connectivity index (χ0v) is 13.7. The maximum Gasteiger partial charge on any atom is 0.225 e. The molecule has 0 aliphatic heterocycles. The molecule has 0 fully saturated rings. The van der Waals surface area contributed by atoms with Crippen molar-refractivity contribution in [2.75, 3.05) is 10.6 Å². The van der Waals surface area contributed by atoms with Gasteiger partial charge in [0.1, 0.15) is 5.82 Å². The van der Waals surface area contributed by atoms with Crippen LogP contribution in [-0.4, -0.2) is 15.5 Å². The molecule has 0 amide bonds. The van der Waals surface area contributed by atoms with Crippen LogP contribution in [0.25, 0.3) is 0 Å². The standard InChI is InChI=1S/C17H24N4/c1-11-7-12(2)9-14(8-11)19-15-13(3)10-18-16(20-15)21-17(4,5)6/h7-10H,1-6H3,(H2,18,19,20,21). The zero-order valence-electron chi connectivity index (χ0n) is 13.7. The lowest BCUT2D eigenvalue weighted by atomic mass is 10.1. The Kier molecular flexibility index (Phi) is 4.16. The molecule has 112 valence electrons. The van der Waals surface area contributed by atoms with E-state index in [1.807, 2.05) is 13.1 Å². The van der Waals surface area contributed by atoms with Crippen LogP contribution in [0.1, 0.15) is 37.5 Å². The SMILES string of the molecule is Cc1cc(C)cc(Nc2nc(NC(C)(C)C)ncc2C)c1. The number of aromatic nitrogens is 2. The van der Waals surface area contributed by atoms with E-state index in [0.29, 0.717) is 5.95 Å². The number of nitrogens with one attached hydrogen (secondary N) is 2. The number of rotatable bonds is 3. The Morgan fingerprint density at radius 2 is 1.57 bits per heavy atom. The van der Waals surface area contributed by atoms with Gasteiger partial charge in [-0.2, -0.15) is 4.98 Å². The average molecular weight is 284 g/mol. The smallest absolute Gasteiger partial charge is 0.225 e. The molecular formula is C17H24N4. The number of hydrogen-bond acceptors (Lipinski definition) is 4. The highest BCUT2D eigenvalue weighted by Gasteiger charge is 2.12. The number of benzene rings is 1. The molecule has 0 radical (unpaired) electrons. The van der Waals surface area contributed by atoms with Crippen LogP contribution in [0.2, 0.25) is 0 Å². The predicted octanol–water partition coefficient (Wildman–Crippen LogP) is 4.36. The summed E-state index contributed by atoms with van der Waals surface area (Å²) in [6.45, 7) is 12.5. The van der Waals surface area contributed by atoms with E-state index in [0.717, 1.165) is 17.1 Å². The molecule has 0 bridgehead atoms. The van der Waals surface area contributed by atoms with Gasteiger partial charge in [0.2, 0.25) is 5.95 Å². The third-order valence-electron chi connectivity index (χ3n) is 2.94. The van der Waals surface area contributed by atoms with Crippen molar-refractivity contribution in [3.63, 3.8) is 0 Å². The molecule has 4 heteroatoms. The van der Waals surface area contributed by atoms with Gasteiger partial charge in [0.15, 0.2) is 0 Å². The molecule has 0 aliphatic carbocycles. The fraction of sp³-hybridized carbons (Fsp3) is 0.412. The van der Waals surface area contributed by atoms with E-state index < -0.39 is 0 Å². The molecule has 2 N–H and O–H groups in total. The second-order valence-corrected chi connectivity index (χ2v) is 6.60. The molecule has 1 heterocycles. The Bertz CT molecular complexity index is 621. The Hall–Kier alpha value is -2.10. The predicted molar refractivity (Wildman–Crippen MR) is 89.3 cm³/mol. The molecule has 0 aliphatic rings. The Morgan fingerprint density at radius 1 is 0.952 bits per heavy atom. The summed E-state index contributed by atoms with van der Waals surface area (Å²) in [6.07, 6.45) is 1.84. The number of aryl methyl sites for hydroxylation is 3. The van der Waals surface area contributed by atoms with Crippen molar-refractivity contribution in [2.45, 2.75) is 47.1 Å². The largest absolute Gasteiger partial charge is 0.350 e. The van der Waals surface area contributed by atoms with E-state index in [1.165, 1.54) is 11.1 Å². The maximum atomic E-state index is 4.58. The second kappa shape index (κ2) is 5.72. The quantitative estimate of drug-likeness (QED) is 0.879. The minimum atomic E-state index is -0.0630. The van der Waals surface area contributed by atoms with Crippen LogP contribution in [0.5, 0.6) is 0 Å². The molecule has 2 rings (SSSR count). The second-order valence-electron chi connectivity index (χ2n) is 6.60. The summed E-state index contributed by atoms with van der Waals surface area (Å²) in [4.78, 5) is 8.92. The van der Waals surface area contributed by atoms with Crippen LogP contribution in [-0.2, 0) is 0 Å². The summed E-state index contributed by atoms with van der Waals surface area (Å²) in [5, 5.41) is 6.68. The van der Waals surface area contributed by atoms with Gasteiger partial charge >= 0.3 is 0 Å². The zero-order chi connectivity index (χ0) is 15.6. The maximum absolute atomic E-state index is 4.58. The van der Waals surface area contributed by atoms with E-state index in [9.17, 15) is 0 Å². The van der Waals surface area contributed by atoms with Gasteiger partial charge in [-0.25, -0.2) is 4.98 Å². The van der Waals surface area contributed by atoms with Crippen molar-refractivity contribution in [2.24, 2.45) is 0 Å². The summed E-state index contributed by atoms with van der Waals surface area (Å²) in [5.41, 5.74) is 4.48. The normalized spacial score (nSPS) is 11.3. The number of anilines is 3. The van der Waals surface area contributed by atoms with Crippen LogP contribution in [0.4, 0.5) is 17.5 Å². The highest BCUT2D eigenvalue weighted by atomic mass is 15.2. The minimum Gasteiger partial charge on any atom is -0.350 e. The molecule has 0 saturated heterocycles. The van der Waals surface area contributed by atoms with Gasteiger partial charge in [-0.3, -0.25) is 0 Å². The van der Waals surface area contributed by atoms with Crippen LogP contribution in [0.15, 0.2) is 24.4 Å². The first-order valence-electron chi connectivity index (χ1n) is 7.20. The van der Waals surface area contributed by atoms with E-state index in [2.05, 4.69) is 73.4 Å². The summed E-state index contributed by atoms with van der Waals surface area (Å²) in [5.74, 6) is 1.47. The fourth-order valence-electron chi connectivity index (χ4n) is 2.15. The van der Waals surface area contributed by atoms with Crippen molar-refractivity contribution in [3.05, 3.63) is 41.1 Å². The summed E-state index contributed by atoms with van der Waals surface area (Å²) in [6, 6.07) is 6.39. The lowest BCUT2D eigenvalue weighted by Crippen LogP contribution is -2.27. The third-order valence-corrected chi connectivity index (χ3v) is 2.94. The Labute approximate surface area is 127 Å². The van der Waals surface area contributed by atoms with E-state index in [-0.39, 0.29) is 5.54 Å². The van der Waals surface area contributed by atoms with Crippen molar-refractivity contribution in [1.82, 2.24) is 9.97 Å². The van der Waals surface area contributed by atoms with Crippen molar-refractivity contribution in [3.8, 4) is 0 Å². The van der Waals surface area contributed by atoms with Crippen LogP contribution >= 0.6 is 0 Å². The molecule has 4 nitrogen and oxygen atoms in total. The molecular weight excluding hydrogens is 260 g/mol. The molecule has 0 atom stereocenters. The molecule has 0 spiro atoms. The minimum absolute atomic E-state index is 0.0630. The van der Waals surface area contributed by atoms with E-state index >= 15 is 0 Å². The first-order valence-corrected chi connectivity index (χ1v) is 7.20. The number of nitrogens with zero attached hydrogens (tertiary/aromatic N) is 2. The highest BCUT2D eigenvalue weighted by molar-refractivity contribution is 5.61. The van der Waals surface area contributed by atoms with Crippen molar-refractivity contribution < 1.29 is 0 Å². The number of hydrogen-bond donors (Lipinski definition) is 2. The average Bonchev–Trinajstić information content (AvgIpc) is 2.30. The monoisotopic (exact) mass is 284 g/mol. The molecule has 0 saturated carbocycles. The van der Waals surface area contributed by atoms with Gasteiger partial charge in [0.05, 0.1) is 0 Å². The van der Waals surface area contributed by atoms with Crippen LogP contribution < -0.4 is 10.6 Å². The van der Waals surface area contributed by atoms with E-state index in [1.54, 1.807) is 0 Å². The van der Waals surface area contributed by atoms with E-state index in [4.69, 9.17) is 0 Å². The van der Waals surface area contributed by atoms with Gasteiger partial charge in [-0.15, -0.1) is 0 Å². The van der Waals surface area contributed by atoms with Crippen molar-refractivity contribution in [1.29, 1.82) is 0 Å². The summed E-state index contributed by atoms with van der Waals surface area (Å²) < 4.78 is 0. The van der Waals surface area contributed by atoms with Gasteiger partial charge in [0, 0.05) is 23.0 Å². The van der Waals surface area contributed by atoms with Gasteiger partial charge in [-0.1, -0.05) is 6.07 Å². The Balaban J connectivity index is 2.28. The topological polar surface area (TPSA) is 49.8 Å². The van der Waals surface area contributed by atoms with Gasteiger partial charge < -0.3 is 10.6 Å². The summed E-state index contributed by atoms with van der Waals surface area (Å²) in [7, 11) is 0. The van der Waals surface area contributed by atoms with Crippen LogP contribution in [0, 0.1) is 20.8 Å². The third kappa shape index (κ3) is 4.45. The molecule has 1 aromatic carbocycles. The fourth-order valence-corrected chi connectivity index (χ4v) is 2.15. The van der Waals surface area contributed by atoms with Crippen molar-refractivity contribution >= 4 is 17.5 Å². The lowest BCUT2D eigenvalue weighted by molar-refractivity contribution is 0.626. The lowest BCUT2D eigenvalue weighted by Gasteiger charge is -2.21. The molecule has 0 unspecified atom stereocenters.